The van der Waals surface area contributed by atoms with Crippen molar-refractivity contribution in [1.29, 1.82) is 0 Å². The van der Waals surface area contributed by atoms with E-state index < -0.39 is 17.1 Å². The zero-order chi connectivity index (χ0) is 22.1. The van der Waals surface area contributed by atoms with E-state index in [1.54, 1.807) is 48.9 Å². The Bertz CT molecular complexity index is 876. The Morgan fingerprint density at radius 1 is 1.03 bits per heavy atom. The number of carbonyl (C=O) groups is 1. The van der Waals surface area contributed by atoms with E-state index in [4.69, 9.17) is 24.1 Å². The number of nitrogens with one attached hydrogen (secondary N) is 1. The van der Waals surface area contributed by atoms with Crippen LogP contribution in [-0.2, 0) is 21.7 Å². The number of anilines is 1. The van der Waals surface area contributed by atoms with Crippen molar-refractivity contribution in [3.05, 3.63) is 46.9 Å². The average molecular weight is 435 g/mol. The first-order chi connectivity index (χ1) is 14.4. The Kier molecular flexibility index (Phi) is 8.70. The molecule has 0 bridgehead atoms. The molecule has 0 radical (unpaired) electrons. The van der Waals surface area contributed by atoms with Crippen LogP contribution >= 0.6 is 0 Å². The van der Waals surface area contributed by atoms with Crippen LogP contribution in [0.4, 0.5) is 5.69 Å². The van der Waals surface area contributed by atoms with Crippen molar-refractivity contribution in [1.82, 2.24) is 0 Å². The molecule has 2 N–H and O–H groups in total. The minimum absolute atomic E-state index is 0.239. The molecule has 0 aliphatic rings. The van der Waals surface area contributed by atoms with Gasteiger partial charge in [-0.15, -0.1) is 0 Å². The molecule has 162 valence electrons. The van der Waals surface area contributed by atoms with Crippen LogP contribution in [0.25, 0.3) is 6.08 Å². The van der Waals surface area contributed by atoms with Crippen LogP contribution in [0.15, 0.2) is 35.7 Å². The number of benzene rings is 2. The minimum Gasteiger partial charge on any atom is -0.612 e. The molecule has 0 saturated heterocycles. The lowest BCUT2D eigenvalue weighted by molar-refractivity contribution is -0.134. The van der Waals surface area contributed by atoms with Gasteiger partial charge in [0.1, 0.15) is 40.7 Å². The van der Waals surface area contributed by atoms with Gasteiger partial charge in [-0.2, -0.15) is 0 Å². The Morgan fingerprint density at radius 3 is 2.20 bits per heavy atom. The number of carboxylic acid groups (broad SMARTS) is 1. The zero-order valence-electron chi connectivity index (χ0n) is 17.3. The highest BCUT2D eigenvalue weighted by Gasteiger charge is 2.14. The van der Waals surface area contributed by atoms with Gasteiger partial charge in [0.15, 0.2) is 0 Å². The number of hydrogen-bond donors (Lipinski definition) is 2. The standard InChI is InChI=1S/C21H25NO7S/c1-26-15-10-19(28-3)16(20(11-15)29-4)7-8-30(25)13-14-5-6-18(27-2)17(9-14)22-12-21(23)24/h5-11,22H,12-13H2,1-4H3,(H,23,24)/b8-7+. The highest BCUT2D eigenvalue weighted by atomic mass is 32.2. The molecule has 30 heavy (non-hydrogen) atoms. The second-order valence-corrected chi connectivity index (χ2v) is 7.38. The summed E-state index contributed by atoms with van der Waals surface area (Å²) in [4.78, 5) is 10.8. The Labute approximate surface area is 178 Å². The third-order valence-corrected chi connectivity index (χ3v) is 5.20. The third kappa shape index (κ3) is 6.23. The fourth-order valence-corrected chi connectivity index (χ4v) is 3.60. The van der Waals surface area contributed by atoms with Crippen LogP contribution in [0, 0.1) is 0 Å². The monoisotopic (exact) mass is 435 g/mol. The van der Waals surface area contributed by atoms with E-state index in [1.807, 2.05) is 0 Å². The Balaban J connectivity index is 2.19. The fraction of sp³-hybridized carbons (Fsp3) is 0.286. The van der Waals surface area contributed by atoms with Crippen LogP contribution in [-0.4, -0.2) is 50.6 Å². The molecule has 0 heterocycles. The summed E-state index contributed by atoms with van der Waals surface area (Å²) in [6.45, 7) is -0.250. The minimum atomic E-state index is -1.34. The Hall–Kier alpha value is -3.04. The number of methoxy groups -OCH3 is 4. The van der Waals surface area contributed by atoms with Gasteiger partial charge in [-0.05, 0) is 23.3 Å². The van der Waals surface area contributed by atoms with Crippen molar-refractivity contribution < 1.29 is 33.4 Å². The van der Waals surface area contributed by atoms with Crippen LogP contribution < -0.4 is 24.3 Å². The summed E-state index contributed by atoms with van der Waals surface area (Å²) in [6, 6.07) is 8.65. The summed E-state index contributed by atoms with van der Waals surface area (Å²) in [5.41, 5.74) is 1.94. The zero-order valence-corrected chi connectivity index (χ0v) is 18.1. The number of hydrogen-bond acceptors (Lipinski definition) is 7. The van der Waals surface area contributed by atoms with Gasteiger partial charge in [-0.3, -0.25) is 4.79 Å². The number of aliphatic carboxylic acids is 1. The molecule has 8 nitrogen and oxygen atoms in total. The first-order valence-corrected chi connectivity index (χ1v) is 10.3. The highest BCUT2D eigenvalue weighted by molar-refractivity contribution is 7.93. The summed E-state index contributed by atoms with van der Waals surface area (Å²) in [5, 5.41) is 13.2. The number of ether oxygens (including phenoxy) is 4. The van der Waals surface area contributed by atoms with Crippen LogP contribution in [0.2, 0.25) is 0 Å². The molecule has 2 aromatic carbocycles. The second-order valence-electron chi connectivity index (χ2n) is 6.06. The summed E-state index contributed by atoms with van der Waals surface area (Å²) in [6.07, 6.45) is 1.68. The van der Waals surface area contributed by atoms with Crippen molar-refractivity contribution in [3.63, 3.8) is 0 Å². The van der Waals surface area contributed by atoms with Gasteiger partial charge in [-0.25, -0.2) is 0 Å². The Morgan fingerprint density at radius 2 is 1.67 bits per heavy atom. The molecule has 0 saturated carbocycles. The summed E-state index contributed by atoms with van der Waals surface area (Å²) >= 11 is -1.34. The molecule has 0 aromatic heterocycles. The van der Waals surface area contributed by atoms with Crippen molar-refractivity contribution in [2.24, 2.45) is 0 Å². The van der Waals surface area contributed by atoms with Crippen molar-refractivity contribution in [3.8, 4) is 23.0 Å². The van der Waals surface area contributed by atoms with E-state index >= 15 is 0 Å². The molecule has 1 atom stereocenters. The third-order valence-electron chi connectivity index (χ3n) is 4.14. The largest absolute Gasteiger partial charge is 0.612 e. The first-order valence-electron chi connectivity index (χ1n) is 8.89. The molecule has 0 spiro atoms. The maximum atomic E-state index is 12.6. The number of carboxylic acids is 1. The highest BCUT2D eigenvalue weighted by Crippen LogP contribution is 2.35. The molecular weight excluding hydrogens is 410 g/mol. The molecule has 0 fully saturated rings. The maximum Gasteiger partial charge on any atom is 0.322 e. The summed E-state index contributed by atoms with van der Waals surface area (Å²) in [5.74, 6) is 1.41. The lowest BCUT2D eigenvalue weighted by Gasteiger charge is -2.13. The maximum absolute atomic E-state index is 12.6. The van der Waals surface area contributed by atoms with Gasteiger partial charge in [0.2, 0.25) is 0 Å². The molecule has 1 unspecified atom stereocenters. The SMILES string of the molecule is COc1cc(OC)c(/C=C/[S+]([O-])Cc2ccc(OC)c(NCC(=O)O)c2)c(OC)c1. The van der Waals surface area contributed by atoms with Crippen molar-refractivity contribution in [2.75, 3.05) is 40.3 Å². The van der Waals surface area contributed by atoms with Gasteiger partial charge >= 0.3 is 5.97 Å². The van der Waals surface area contributed by atoms with Crippen LogP contribution in [0.1, 0.15) is 11.1 Å². The van der Waals surface area contributed by atoms with Gasteiger partial charge in [0, 0.05) is 23.8 Å². The lowest BCUT2D eigenvalue weighted by Crippen LogP contribution is -2.13. The molecule has 0 aliphatic carbocycles. The van der Waals surface area contributed by atoms with Gasteiger partial charge in [0.05, 0.1) is 39.7 Å². The molecular formula is C21H25NO7S. The van der Waals surface area contributed by atoms with E-state index in [2.05, 4.69) is 5.32 Å². The predicted molar refractivity (Wildman–Crippen MR) is 116 cm³/mol. The molecule has 0 amide bonds. The number of rotatable bonds is 11. The van der Waals surface area contributed by atoms with Gasteiger partial charge in [0.25, 0.3) is 0 Å². The quantitative estimate of drug-likeness (QED) is 0.518. The lowest BCUT2D eigenvalue weighted by atomic mass is 10.1. The smallest absolute Gasteiger partial charge is 0.322 e. The normalized spacial score (nSPS) is 11.8. The van der Waals surface area contributed by atoms with E-state index in [-0.39, 0.29) is 12.3 Å². The fourth-order valence-electron chi connectivity index (χ4n) is 2.71. The van der Waals surface area contributed by atoms with E-state index in [0.717, 1.165) is 5.56 Å². The predicted octanol–water partition coefficient (Wildman–Crippen LogP) is 3.14. The van der Waals surface area contributed by atoms with E-state index in [9.17, 15) is 9.35 Å². The van der Waals surface area contributed by atoms with Gasteiger partial charge in [-0.1, -0.05) is 6.07 Å². The van der Waals surface area contributed by atoms with E-state index in [1.165, 1.54) is 21.3 Å². The van der Waals surface area contributed by atoms with E-state index in [0.29, 0.717) is 34.2 Å². The van der Waals surface area contributed by atoms with Crippen LogP contribution in [0.3, 0.4) is 0 Å². The molecule has 9 heteroatoms. The van der Waals surface area contributed by atoms with Crippen molar-refractivity contribution >= 4 is 28.9 Å². The first kappa shape index (κ1) is 23.2. The average Bonchev–Trinajstić information content (AvgIpc) is 2.75. The van der Waals surface area contributed by atoms with Crippen LogP contribution in [0.5, 0.6) is 23.0 Å². The van der Waals surface area contributed by atoms with Gasteiger partial charge < -0.3 is 33.9 Å². The second kappa shape index (κ2) is 11.2. The molecule has 2 aromatic rings. The topological polar surface area (TPSA) is 109 Å². The van der Waals surface area contributed by atoms with Crippen molar-refractivity contribution in [2.45, 2.75) is 5.75 Å². The summed E-state index contributed by atoms with van der Waals surface area (Å²) < 4.78 is 33.8. The molecule has 2 rings (SSSR count). The molecule has 0 aliphatic heterocycles. The summed E-state index contributed by atoms with van der Waals surface area (Å²) in [7, 11) is 6.11.